The van der Waals surface area contributed by atoms with E-state index in [-0.39, 0.29) is 0 Å². The Morgan fingerprint density at radius 3 is 2.67 bits per heavy atom. The monoisotopic (exact) mass is 279 g/mol. The first kappa shape index (κ1) is 9.25. The van der Waals surface area contributed by atoms with Gasteiger partial charge in [0.15, 0.2) is 0 Å². The Morgan fingerprint density at radius 2 is 2.17 bits per heavy atom. The molecule has 2 rings (SSSR count). The molecule has 12 heavy (non-hydrogen) atoms. The molecule has 0 N–H and O–H groups in total. The molecular weight excluding hydrogens is 261 g/mol. The van der Waals surface area contributed by atoms with Gasteiger partial charge < -0.3 is 0 Å². The van der Waals surface area contributed by atoms with Crippen molar-refractivity contribution in [1.82, 2.24) is 0 Å². The predicted molar refractivity (Wildman–Crippen MR) is 48.2 cm³/mol. The molecule has 0 bridgehead atoms. The van der Waals surface area contributed by atoms with E-state index in [1.54, 1.807) is 12.8 Å². The van der Waals surface area contributed by atoms with E-state index in [4.69, 9.17) is 0 Å². The van der Waals surface area contributed by atoms with Crippen LogP contribution in [0.1, 0.15) is 19.3 Å². The zero-order valence-electron chi connectivity index (χ0n) is 7.96. The molecule has 4 atom stereocenters. The molecular formula is C10H18IN-2. The first-order valence-corrected chi connectivity index (χ1v) is 8.30. The molecule has 2 aliphatic rings. The van der Waals surface area contributed by atoms with Gasteiger partial charge in [-0.25, -0.2) is 0 Å². The summed E-state index contributed by atoms with van der Waals surface area (Å²) in [5, 5.41) is 4.19. The normalized spacial score (nSPS) is 44.8. The minimum absolute atomic E-state index is 0.559. The Bertz CT molecular complexity index is 158. The predicted octanol–water partition coefficient (Wildman–Crippen LogP) is -0.877. The molecule has 0 heterocycles. The fourth-order valence-corrected chi connectivity index (χ4v) is 5.60. The number of rotatable bonds is 4. The molecule has 0 spiro atoms. The topological polar surface area (TPSA) is 14.1 Å². The SMILES string of the molecule is C[N-]CCC1CC2C1C[C@H]2[I-]C. The van der Waals surface area contributed by atoms with Crippen LogP contribution in [0, 0.1) is 17.8 Å². The second-order valence-electron chi connectivity index (χ2n) is 4.12. The Kier molecular flexibility index (Phi) is 2.95. The van der Waals surface area contributed by atoms with Crippen molar-refractivity contribution in [2.45, 2.75) is 23.2 Å². The molecule has 0 aliphatic heterocycles. The quantitative estimate of drug-likeness (QED) is 0.469. The number of halogens is 1. The van der Waals surface area contributed by atoms with Crippen LogP contribution in [0.5, 0.6) is 0 Å². The summed E-state index contributed by atoms with van der Waals surface area (Å²) in [5.41, 5.74) is 0. The standard InChI is InChI=1S/C10H18IN/c1-11-10-6-8-7(3-4-12-2)5-9(8)10/h7-10H,3-6H2,1-2H3/q-2/t7?,8?,9?,10-/m1/s1. The number of hydrogen-bond donors (Lipinski definition) is 0. The molecule has 1 nitrogen and oxygen atoms in total. The van der Waals surface area contributed by atoms with Crippen LogP contribution in [0.2, 0.25) is 0 Å². The molecule has 2 heteroatoms. The molecule has 72 valence electrons. The van der Waals surface area contributed by atoms with Gasteiger partial charge in [-0.2, -0.15) is 0 Å². The average molecular weight is 279 g/mol. The van der Waals surface area contributed by atoms with Gasteiger partial charge in [0.2, 0.25) is 0 Å². The Labute approximate surface area is 85.9 Å². The Hall–Kier alpha value is 0.690. The first-order valence-electron chi connectivity index (χ1n) is 4.90. The van der Waals surface area contributed by atoms with E-state index in [0.717, 1.165) is 18.4 Å². The van der Waals surface area contributed by atoms with E-state index in [1.807, 2.05) is 7.05 Å². The molecule has 0 amide bonds. The summed E-state index contributed by atoms with van der Waals surface area (Å²) in [5.74, 6) is 3.41. The van der Waals surface area contributed by atoms with Crippen LogP contribution in [0.15, 0.2) is 0 Å². The van der Waals surface area contributed by atoms with Crippen molar-refractivity contribution >= 4 is 0 Å². The van der Waals surface area contributed by atoms with Gasteiger partial charge in [0.25, 0.3) is 0 Å². The summed E-state index contributed by atoms with van der Waals surface area (Å²) in [4.78, 5) is 2.45. The van der Waals surface area contributed by atoms with Crippen LogP contribution in [-0.4, -0.2) is 22.4 Å². The third kappa shape index (κ3) is 1.41. The van der Waals surface area contributed by atoms with Gasteiger partial charge in [0.1, 0.15) is 0 Å². The van der Waals surface area contributed by atoms with Crippen LogP contribution in [0.4, 0.5) is 0 Å². The summed E-state index contributed by atoms with van der Waals surface area (Å²) in [7, 11) is 1.94. The summed E-state index contributed by atoms with van der Waals surface area (Å²) in [6.45, 7) is 1.11. The van der Waals surface area contributed by atoms with Crippen molar-refractivity contribution in [2.24, 2.45) is 17.8 Å². The van der Waals surface area contributed by atoms with Gasteiger partial charge in [-0.1, -0.05) is 0 Å². The van der Waals surface area contributed by atoms with Gasteiger partial charge >= 0.3 is 86.0 Å². The van der Waals surface area contributed by atoms with Crippen LogP contribution in [0.3, 0.4) is 0 Å². The van der Waals surface area contributed by atoms with Crippen molar-refractivity contribution < 1.29 is 21.2 Å². The number of nitrogens with zero attached hydrogens (tertiary/aromatic N) is 1. The molecule has 2 saturated carbocycles. The Balaban J connectivity index is 1.68. The van der Waals surface area contributed by atoms with Gasteiger partial charge in [0.05, 0.1) is 0 Å². The van der Waals surface area contributed by atoms with E-state index >= 15 is 0 Å². The molecule has 2 aliphatic carbocycles. The molecule has 0 aromatic rings. The maximum absolute atomic E-state index is 4.19. The molecule has 3 unspecified atom stereocenters. The second-order valence-corrected chi connectivity index (χ2v) is 6.97. The van der Waals surface area contributed by atoms with E-state index in [0.29, 0.717) is 21.2 Å². The van der Waals surface area contributed by atoms with Gasteiger partial charge in [-0.05, 0) is 0 Å². The summed E-state index contributed by atoms with van der Waals surface area (Å²) in [6.07, 6.45) is 4.52. The molecule has 0 saturated heterocycles. The van der Waals surface area contributed by atoms with E-state index in [1.165, 1.54) is 16.3 Å². The zero-order chi connectivity index (χ0) is 8.55. The van der Waals surface area contributed by atoms with Crippen molar-refractivity contribution in [3.63, 3.8) is 0 Å². The first-order chi connectivity index (χ1) is 5.86. The number of hydrogen-bond acceptors (Lipinski definition) is 0. The minimum atomic E-state index is 0.559. The van der Waals surface area contributed by atoms with Crippen LogP contribution in [0.25, 0.3) is 5.32 Å². The fraction of sp³-hybridized carbons (Fsp3) is 1.00. The Morgan fingerprint density at radius 1 is 1.33 bits per heavy atom. The van der Waals surface area contributed by atoms with Crippen molar-refractivity contribution in [3.05, 3.63) is 5.32 Å². The fourth-order valence-electron chi connectivity index (χ4n) is 2.75. The third-order valence-corrected chi connectivity index (χ3v) is 6.73. The van der Waals surface area contributed by atoms with E-state index in [2.05, 4.69) is 10.2 Å². The van der Waals surface area contributed by atoms with Crippen LogP contribution < -0.4 is 21.2 Å². The van der Waals surface area contributed by atoms with Crippen molar-refractivity contribution in [3.8, 4) is 0 Å². The second kappa shape index (κ2) is 3.82. The zero-order valence-corrected chi connectivity index (χ0v) is 10.1. The van der Waals surface area contributed by atoms with Crippen LogP contribution in [-0.2, 0) is 0 Å². The average Bonchev–Trinajstić information content (AvgIpc) is 2.07. The van der Waals surface area contributed by atoms with E-state index < -0.39 is 0 Å². The molecule has 0 aromatic heterocycles. The summed E-state index contributed by atoms with van der Waals surface area (Å²) < 4.78 is 1.21. The summed E-state index contributed by atoms with van der Waals surface area (Å²) >= 11 is 0.559. The van der Waals surface area contributed by atoms with Gasteiger partial charge in [0, 0.05) is 0 Å². The van der Waals surface area contributed by atoms with E-state index in [9.17, 15) is 0 Å². The van der Waals surface area contributed by atoms with Crippen molar-refractivity contribution in [2.75, 3.05) is 18.5 Å². The molecule has 0 radical (unpaired) electrons. The summed E-state index contributed by atoms with van der Waals surface area (Å²) in [6, 6.07) is 0. The van der Waals surface area contributed by atoms with Gasteiger partial charge in [-0.15, -0.1) is 0 Å². The number of alkyl halides is 2. The third-order valence-electron chi connectivity index (χ3n) is 3.70. The molecule has 2 fully saturated rings. The van der Waals surface area contributed by atoms with Gasteiger partial charge in [-0.3, -0.25) is 0 Å². The van der Waals surface area contributed by atoms with Crippen LogP contribution >= 0.6 is 0 Å². The number of fused-ring (bicyclic) bond motifs is 1. The van der Waals surface area contributed by atoms with Crippen molar-refractivity contribution in [1.29, 1.82) is 0 Å². The maximum atomic E-state index is 4.19. The molecule has 0 aromatic carbocycles.